The Bertz CT molecular complexity index is 400. The van der Waals surface area contributed by atoms with E-state index in [2.05, 4.69) is 16.9 Å². The Morgan fingerprint density at radius 3 is 3.13 bits per heavy atom. The molecule has 80 valence electrons. The minimum Gasteiger partial charge on any atom is -0.480 e. The van der Waals surface area contributed by atoms with Crippen molar-refractivity contribution in [2.75, 3.05) is 6.54 Å². The van der Waals surface area contributed by atoms with Gasteiger partial charge in [0.25, 0.3) is 0 Å². The fraction of sp³-hybridized carbons (Fsp3) is 0.400. The predicted molar refractivity (Wildman–Crippen MR) is 55.1 cm³/mol. The Kier molecular flexibility index (Phi) is 3.89. The molecule has 0 radical (unpaired) electrons. The van der Waals surface area contributed by atoms with Gasteiger partial charge in [0.2, 0.25) is 0 Å². The third-order valence-corrected chi connectivity index (χ3v) is 1.86. The quantitative estimate of drug-likeness (QED) is 0.695. The van der Waals surface area contributed by atoms with E-state index in [9.17, 15) is 4.79 Å². The van der Waals surface area contributed by atoms with Crippen LogP contribution in [0.5, 0.6) is 0 Å². The summed E-state index contributed by atoms with van der Waals surface area (Å²) in [6, 6.07) is -0.671. The van der Waals surface area contributed by atoms with Gasteiger partial charge in [-0.25, -0.2) is 4.79 Å². The highest BCUT2D eigenvalue weighted by Crippen LogP contribution is 2.05. The highest BCUT2D eigenvalue weighted by Gasteiger charge is 2.13. The highest BCUT2D eigenvalue weighted by molar-refractivity contribution is 5.71. The molecule has 0 aliphatic carbocycles. The first-order valence-electron chi connectivity index (χ1n) is 4.61. The molecule has 0 unspecified atom stereocenters. The first-order chi connectivity index (χ1) is 7.15. The van der Waals surface area contributed by atoms with Gasteiger partial charge in [-0.3, -0.25) is 4.68 Å². The molecular formula is C10H13N3O2. The third kappa shape index (κ3) is 3.11. The second-order valence-electron chi connectivity index (χ2n) is 3.06. The second-order valence-corrected chi connectivity index (χ2v) is 3.06. The minimum absolute atomic E-state index is 0.521. The average molecular weight is 207 g/mol. The molecular weight excluding hydrogens is 194 g/mol. The minimum atomic E-state index is -0.917. The summed E-state index contributed by atoms with van der Waals surface area (Å²) in [6.07, 6.45) is 3.78. The summed E-state index contributed by atoms with van der Waals surface area (Å²) < 4.78 is 1.37. The van der Waals surface area contributed by atoms with Crippen molar-refractivity contribution in [1.82, 2.24) is 9.78 Å². The molecule has 1 atom stereocenters. The van der Waals surface area contributed by atoms with Gasteiger partial charge in [0.1, 0.15) is 6.04 Å². The zero-order chi connectivity index (χ0) is 11.3. The Labute approximate surface area is 87.9 Å². The van der Waals surface area contributed by atoms with Crippen LogP contribution in [0.3, 0.4) is 0 Å². The Morgan fingerprint density at radius 2 is 2.53 bits per heavy atom. The monoisotopic (exact) mass is 207 g/mol. The van der Waals surface area contributed by atoms with Crippen LogP contribution in [0, 0.1) is 11.8 Å². The maximum atomic E-state index is 10.7. The molecule has 1 aromatic heterocycles. The van der Waals surface area contributed by atoms with Crippen LogP contribution >= 0.6 is 0 Å². The molecule has 1 aromatic rings. The Balaban J connectivity index is 2.73. The predicted octanol–water partition coefficient (Wildman–Crippen LogP) is 0.229. The van der Waals surface area contributed by atoms with Crippen molar-refractivity contribution in [2.24, 2.45) is 5.73 Å². The number of carboxylic acids is 1. The summed E-state index contributed by atoms with van der Waals surface area (Å²) in [5.74, 6) is 4.79. The molecule has 5 heteroatoms. The van der Waals surface area contributed by atoms with Crippen LogP contribution < -0.4 is 5.73 Å². The Hall–Kier alpha value is -1.80. The molecule has 0 saturated carbocycles. The molecule has 0 bridgehead atoms. The Morgan fingerprint density at radius 1 is 1.80 bits per heavy atom. The van der Waals surface area contributed by atoms with Crippen LogP contribution in [0.2, 0.25) is 0 Å². The number of hydrogen-bond donors (Lipinski definition) is 2. The molecule has 0 aliphatic heterocycles. The van der Waals surface area contributed by atoms with E-state index >= 15 is 0 Å². The SMILES string of the molecule is C[C@@H](C(=O)O)n1cc(C#CCCN)cn1. The number of nitrogens with zero attached hydrogens (tertiary/aromatic N) is 2. The van der Waals surface area contributed by atoms with Gasteiger partial charge in [0.05, 0.1) is 11.8 Å². The summed E-state index contributed by atoms with van der Waals surface area (Å²) >= 11 is 0. The fourth-order valence-corrected chi connectivity index (χ4v) is 0.964. The van der Waals surface area contributed by atoms with Crippen LogP contribution in [0.4, 0.5) is 0 Å². The zero-order valence-electron chi connectivity index (χ0n) is 8.47. The first-order valence-corrected chi connectivity index (χ1v) is 4.61. The van der Waals surface area contributed by atoms with Gasteiger partial charge >= 0.3 is 5.97 Å². The van der Waals surface area contributed by atoms with Crippen molar-refractivity contribution in [2.45, 2.75) is 19.4 Å². The fourth-order valence-electron chi connectivity index (χ4n) is 0.964. The van der Waals surface area contributed by atoms with Gasteiger partial charge in [0, 0.05) is 19.2 Å². The summed E-state index contributed by atoms with van der Waals surface area (Å²) in [7, 11) is 0. The lowest BCUT2D eigenvalue weighted by Crippen LogP contribution is -2.15. The van der Waals surface area contributed by atoms with E-state index in [0.717, 1.165) is 0 Å². The lowest BCUT2D eigenvalue weighted by molar-refractivity contribution is -0.140. The number of aromatic nitrogens is 2. The van der Waals surface area contributed by atoms with Crippen LogP contribution in [0.1, 0.15) is 24.9 Å². The normalized spacial score (nSPS) is 11.6. The number of rotatable bonds is 3. The maximum absolute atomic E-state index is 10.7. The van der Waals surface area contributed by atoms with E-state index in [1.165, 1.54) is 4.68 Å². The molecule has 0 fully saturated rings. The average Bonchev–Trinajstić information content (AvgIpc) is 2.65. The summed E-state index contributed by atoms with van der Waals surface area (Å²) in [5.41, 5.74) is 5.99. The van der Waals surface area contributed by atoms with E-state index in [0.29, 0.717) is 18.5 Å². The molecule has 15 heavy (non-hydrogen) atoms. The number of carbonyl (C=O) groups is 1. The van der Waals surface area contributed by atoms with Gasteiger partial charge < -0.3 is 10.8 Å². The van der Waals surface area contributed by atoms with Crippen LogP contribution in [0.15, 0.2) is 12.4 Å². The smallest absolute Gasteiger partial charge is 0.328 e. The summed E-state index contributed by atoms with van der Waals surface area (Å²) in [5, 5.41) is 12.7. The van der Waals surface area contributed by atoms with Crippen molar-refractivity contribution in [3.63, 3.8) is 0 Å². The molecule has 0 saturated heterocycles. The van der Waals surface area contributed by atoms with Crippen molar-refractivity contribution >= 4 is 5.97 Å². The number of nitrogens with two attached hydrogens (primary N) is 1. The molecule has 0 spiro atoms. The van der Waals surface area contributed by atoms with E-state index < -0.39 is 12.0 Å². The lowest BCUT2D eigenvalue weighted by Gasteiger charge is -2.04. The molecule has 0 amide bonds. The first kappa shape index (κ1) is 11.3. The zero-order valence-corrected chi connectivity index (χ0v) is 8.47. The van der Waals surface area contributed by atoms with Gasteiger partial charge in [-0.05, 0) is 6.92 Å². The summed E-state index contributed by atoms with van der Waals surface area (Å²) in [4.78, 5) is 10.7. The van der Waals surface area contributed by atoms with Crippen LogP contribution in [-0.4, -0.2) is 27.4 Å². The van der Waals surface area contributed by atoms with Crippen molar-refractivity contribution in [3.05, 3.63) is 18.0 Å². The largest absolute Gasteiger partial charge is 0.480 e. The molecule has 0 aromatic carbocycles. The van der Waals surface area contributed by atoms with Gasteiger partial charge in [-0.1, -0.05) is 11.8 Å². The van der Waals surface area contributed by atoms with Crippen molar-refractivity contribution in [3.8, 4) is 11.8 Å². The second kappa shape index (κ2) is 5.17. The number of aliphatic carboxylic acids is 1. The van der Waals surface area contributed by atoms with Crippen LogP contribution in [0.25, 0.3) is 0 Å². The topological polar surface area (TPSA) is 81.1 Å². The van der Waals surface area contributed by atoms with E-state index in [-0.39, 0.29) is 0 Å². The number of carboxylic acid groups (broad SMARTS) is 1. The van der Waals surface area contributed by atoms with Gasteiger partial charge in [-0.15, -0.1) is 0 Å². The van der Waals surface area contributed by atoms with Crippen LogP contribution in [-0.2, 0) is 4.79 Å². The maximum Gasteiger partial charge on any atom is 0.328 e. The van der Waals surface area contributed by atoms with E-state index in [4.69, 9.17) is 10.8 Å². The van der Waals surface area contributed by atoms with Crippen molar-refractivity contribution < 1.29 is 9.90 Å². The van der Waals surface area contributed by atoms with Crippen molar-refractivity contribution in [1.29, 1.82) is 0 Å². The number of hydrogen-bond acceptors (Lipinski definition) is 3. The highest BCUT2D eigenvalue weighted by atomic mass is 16.4. The third-order valence-electron chi connectivity index (χ3n) is 1.86. The lowest BCUT2D eigenvalue weighted by atomic mass is 10.3. The van der Waals surface area contributed by atoms with Gasteiger partial charge in [0.15, 0.2) is 0 Å². The molecule has 1 rings (SSSR count). The van der Waals surface area contributed by atoms with E-state index in [1.54, 1.807) is 19.3 Å². The summed E-state index contributed by atoms with van der Waals surface area (Å²) in [6.45, 7) is 2.08. The molecule has 3 N–H and O–H groups in total. The molecule has 1 heterocycles. The molecule has 5 nitrogen and oxygen atoms in total. The van der Waals surface area contributed by atoms with Gasteiger partial charge in [-0.2, -0.15) is 5.10 Å². The standard InChI is InChI=1S/C10H13N3O2/c1-8(10(14)15)13-7-9(6-12-13)4-2-3-5-11/h6-8H,3,5,11H2,1H3,(H,14,15)/t8-/m0/s1. The molecule has 0 aliphatic rings. The van der Waals surface area contributed by atoms with E-state index in [1.807, 2.05) is 0 Å².